The lowest BCUT2D eigenvalue weighted by molar-refractivity contribution is 0.0773. The largest absolute Gasteiger partial charge is 0.360 e. The van der Waals surface area contributed by atoms with E-state index in [2.05, 4.69) is 26.2 Å². The second kappa shape index (κ2) is 8.39. The Morgan fingerprint density at radius 2 is 2.06 bits per heavy atom. The molecular weight excluding hydrogens is 413 g/mol. The number of carbonyl (C=O) groups excluding carboxylic acids is 1. The molecular formula is C23H20FN5OS. The summed E-state index contributed by atoms with van der Waals surface area (Å²) in [6, 6.07) is 12.5. The number of nitrogens with zero attached hydrogens (tertiary/aromatic N) is 3. The third kappa shape index (κ3) is 4.11. The van der Waals surface area contributed by atoms with Crippen LogP contribution in [0.15, 0.2) is 66.2 Å². The molecule has 8 heteroatoms. The Labute approximate surface area is 182 Å². The fourth-order valence-electron chi connectivity index (χ4n) is 3.80. The summed E-state index contributed by atoms with van der Waals surface area (Å²) in [6.45, 7) is 1.22. The van der Waals surface area contributed by atoms with Gasteiger partial charge in [-0.25, -0.2) is 9.37 Å². The van der Waals surface area contributed by atoms with Crippen LogP contribution in [0.3, 0.4) is 0 Å². The molecule has 0 saturated carbocycles. The molecule has 3 heterocycles. The minimum atomic E-state index is -0.252. The SMILES string of the molecule is O=C(c1ccc(CSc2ncn[nH]2)cc1)N1CC=C(c2c[nH]c3cc(F)ccc23)CC1. The Bertz CT molecular complexity index is 1250. The van der Waals surface area contributed by atoms with Crippen molar-refractivity contribution in [3.63, 3.8) is 0 Å². The summed E-state index contributed by atoms with van der Waals surface area (Å²) in [5.41, 5.74) is 4.86. The summed E-state index contributed by atoms with van der Waals surface area (Å²) in [5.74, 6) is 0.539. The van der Waals surface area contributed by atoms with Gasteiger partial charge in [0, 0.05) is 47.1 Å². The number of rotatable bonds is 5. The van der Waals surface area contributed by atoms with Crippen molar-refractivity contribution in [3.8, 4) is 0 Å². The van der Waals surface area contributed by atoms with Crippen molar-refractivity contribution < 1.29 is 9.18 Å². The first-order chi connectivity index (χ1) is 15.2. The molecule has 5 rings (SSSR count). The maximum absolute atomic E-state index is 13.4. The zero-order chi connectivity index (χ0) is 21.2. The van der Waals surface area contributed by atoms with E-state index in [0.29, 0.717) is 18.7 Å². The molecule has 0 unspecified atom stereocenters. The number of fused-ring (bicyclic) bond motifs is 1. The van der Waals surface area contributed by atoms with Gasteiger partial charge in [0.15, 0.2) is 5.16 Å². The van der Waals surface area contributed by atoms with Gasteiger partial charge in [0.1, 0.15) is 12.1 Å². The molecule has 2 N–H and O–H groups in total. The average molecular weight is 434 g/mol. The Morgan fingerprint density at radius 1 is 1.19 bits per heavy atom. The first-order valence-corrected chi connectivity index (χ1v) is 11.0. The van der Waals surface area contributed by atoms with Gasteiger partial charge in [-0.2, -0.15) is 5.10 Å². The molecule has 0 aliphatic carbocycles. The van der Waals surface area contributed by atoms with Gasteiger partial charge in [-0.1, -0.05) is 30.0 Å². The van der Waals surface area contributed by atoms with E-state index in [4.69, 9.17) is 0 Å². The molecule has 6 nitrogen and oxygen atoms in total. The Morgan fingerprint density at radius 3 is 2.81 bits per heavy atom. The molecule has 0 saturated heterocycles. The van der Waals surface area contributed by atoms with Crippen LogP contribution >= 0.6 is 11.8 Å². The molecule has 31 heavy (non-hydrogen) atoms. The number of carbonyl (C=O) groups is 1. The summed E-state index contributed by atoms with van der Waals surface area (Å²) in [7, 11) is 0. The highest BCUT2D eigenvalue weighted by Crippen LogP contribution is 2.30. The number of aromatic nitrogens is 4. The van der Waals surface area contributed by atoms with Crippen LogP contribution in [0.25, 0.3) is 16.5 Å². The summed E-state index contributed by atoms with van der Waals surface area (Å²) in [4.78, 5) is 22.0. The van der Waals surface area contributed by atoms with E-state index >= 15 is 0 Å². The molecule has 0 bridgehead atoms. The number of hydrogen-bond acceptors (Lipinski definition) is 4. The lowest BCUT2D eigenvalue weighted by Crippen LogP contribution is -2.34. The molecule has 1 aliphatic rings. The third-order valence-electron chi connectivity index (χ3n) is 5.46. The van der Waals surface area contributed by atoms with Gasteiger partial charge < -0.3 is 9.88 Å². The van der Waals surface area contributed by atoms with E-state index < -0.39 is 0 Å². The fraction of sp³-hybridized carbons (Fsp3) is 0.174. The van der Waals surface area contributed by atoms with Crippen LogP contribution in [-0.4, -0.2) is 44.1 Å². The van der Waals surface area contributed by atoms with E-state index in [-0.39, 0.29) is 11.7 Å². The lowest BCUT2D eigenvalue weighted by atomic mass is 9.98. The standard InChI is InChI=1S/C23H20FN5OS/c24-18-5-6-19-20(12-25-21(19)11-18)16-7-9-29(10-8-16)22(30)17-3-1-15(2-4-17)13-31-23-26-14-27-28-23/h1-7,11-12,14,25H,8-10,13H2,(H,26,27,28). The van der Waals surface area contributed by atoms with Crippen molar-refractivity contribution in [1.82, 2.24) is 25.1 Å². The zero-order valence-corrected chi connectivity index (χ0v) is 17.5. The molecule has 4 aromatic rings. The predicted molar refractivity (Wildman–Crippen MR) is 119 cm³/mol. The van der Waals surface area contributed by atoms with Gasteiger partial charge in [0.25, 0.3) is 5.91 Å². The minimum absolute atomic E-state index is 0.0331. The minimum Gasteiger partial charge on any atom is -0.360 e. The van der Waals surface area contributed by atoms with Crippen molar-refractivity contribution in [3.05, 3.63) is 83.6 Å². The first-order valence-electron chi connectivity index (χ1n) is 10.00. The van der Waals surface area contributed by atoms with Gasteiger partial charge in [0.2, 0.25) is 0 Å². The maximum Gasteiger partial charge on any atom is 0.254 e. The number of H-pyrrole nitrogens is 2. The number of aromatic amines is 2. The van der Waals surface area contributed by atoms with Crippen molar-refractivity contribution in [2.75, 3.05) is 13.1 Å². The molecule has 156 valence electrons. The zero-order valence-electron chi connectivity index (χ0n) is 16.6. The van der Waals surface area contributed by atoms with Crippen LogP contribution in [0, 0.1) is 5.82 Å². The van der Waals surface area contributed by atoms with Gasteiger partial charge in [-0.3, -0.25) is 9.89 Å². The second-order valence-electron chi connectivity index (χ2n) is 7.40. The second-order valence-corrected chi connectivity index (χ2v) is 8.36. The van der Waals surface area contributed by atoms with Crippen LogP contribution in [0.5, 0.6) is 0 Å². The molecule has 0 atom stereocenters. The Hall–Kier alpha value is -3.39. The van der Waals surface area contributed by atoms with E-state index in [1.54, 1.807) is 17.8 Å². The molecule has 1 amide bonds. The number of amides is 1. The number of benzene rings is 2. The monoisotopic (exact) mass is 433 g/mol. The van der Waals surface area contributed by atoms with Gasteiger partial charge in [0.05, 0.1) is 0 Å². The van der Waals surface area contributed by atoms with E-state index in [9.17, 15) is 9.18 Å². The summed E-state index contributed by atoms with van der Waals surface area (Å²) >= 11 is 1.57. The molecule has 0 fully saturated rings. The maximum atomic E-state index is 13.4. The highest BCUT2D eigenvalue weighted by Gasteiger charge is 2.20. The van der Waals surface area contributed by atoms with Crippen molar-refractivity contribution >= 4 is 34.1 Å². The first kappa shape index (κ1) is 19.6. The van der Waals surface area contributed by atoms with Gasteiger partial charge >= 0.3 is 0 Å². The van der Waals surface area contributed by atoms with Crippen LogP contribution in [-0.2, 0) is 5.75 Å². The smallest absolute Gasteiger partial charge is 0.254 e. The highest BCUT2D eigenvalue weighted by molar-refractivity contribution is 7.98. The van der Waals surface area contributed by atoms with Crippen LogP contribution < -0.4 is 0 Å². The predicted octanol–water partition coefficient (Wildman–Crippen LogP) is 4.65. The van der Waals surface area contributed by atoms with E-state index in [1.165, 1.54) is 24.0 Å². The number of nitrogens with one attached hydrogen (secondary N) is 2. The van der Waals surface area contributed by atoms with E-state index in [1.807, 2.05) is 35.4 Å². The highest BCUT2D eigenvalue weighted by atomic mass is 32.2. The molecule has 2 aromatic heterocycles. The molecule has 0 spiro atoms. The van der Waals surface area contributed by atoms with Crippen LogP contribution in [0.4, 0.5) is 4.39 Å². The number of halogens is 1. The topological polar surface area (TPSA) is 77.7 Å². The number of thioether (sulfide) groups is 1. The van der Waals surface area contributed by atoms with Gasteiger partial charge in [-0.15, -0.1) is 0 Å². The summed E-state index contributed by atoms with van der Waals surface area (Å²) in [5, 5.41) is 8.44. The normalized spacial score (nSPS) is 14.1. The quantitative estimate of drug-likeness (QED) is 0.449. The molecule has 1 aliphatic heterocycles. The molecule has 2 aromatic carbocycles. The molecule has 0 radical (unpaired) electrons. The van der Waals surface area contributed by atoms with E-state index in [0.717, 1.165) is 39.4 Å². The fourth-order valence-corrected chi connectivity index (χ4v) is 4.54. The summed E-state index contributed by atoms with van der Waals surface area (Å²) in [6.07, 6.45) is 6.27. The van der Waals surface area contributed by atoms with Crippen LogP contribution in [0.2, 0.25) is 0 Å². The number of hydrogen-bond donors (Lipinski definition) is 2. The van der Waals surface area contributed by atoms with Gasteiger partial charge in [-0.05, 0) is 47.9 Å². The van der Waals surface area contributed by atoms with Crippen molar-refractivity contribution in [2.45, 2.75) is 17.3 Å². The average Bonchev–Trinajstić information content (AvgIpc) is 3.47. The summed E-state index contributed by atoms with van der Waals surface area (Å²) < 4.78 is 13.4. The third-order valence-corrected chi connectivity index (χ3v) is 6.40. The van der Waals surface area contributed by atoms with Crippen molar-refractivity contribution in [2.24, 2.45) is 0 Å². The van der Waals surface area contributed by atoms with Crippen molar-refractivity contribution in [1.29, 1.82) is 0 Å². The Kier molecular flexibility index (Phi) is 5.30. The van der Waals surface area contributed by atoms with Crippen LogP contribution in [0.1, 0.15) is 27.9 Å². The lowest BCUT2D eigenvalue weighted by Gasteiger charge is -2.26. The Balaban J connectivity index is 1.24.